The van der Waals surface area contributed by atoms with Gasteiger partial charge in [-0.2, -0.15) is 0 Å². The number of hydrogen-bond acceptors (Lipinski definition) is 4. The lowest BCUT2D eigenvalue weighted by atomic mass is 10.0. The monoisotopic (exact) mass is 339 g/mol. The van der Waals surface area contributed by atoms with Crippen molar-refractivity contribution in [2.24, 2.45) is 0 Å². The Labute approximate surface area is 148 Å². The molecule has 1 aliphatic rings. The fourth-order valence-electron chi connectivity index (χ4n) is 3.29. The summed E-state index contributed by atoms with van der Waals surface area (Å²) in [7, 11) is 2.08. The van der Waals surface area contributed by atoms with Crippen molar-refractivity contribution in [3.8, 4) is 0 Å². The molecular formula is C19H25N5O. The van der Waals surface area contributed by atoms with E-state index in [0.717, 1.165) is 30.8 Å². The summed E-state index contributed by atoms with van der Waals surface area (Å²) in [5, 5.41) is 1.50. The highest BCUT2D eigenvalue weighted by Crippen LogP contribution is 2.34. The maximum atomic E-state index is 12.1. The van der Waals surface area contributed by atoms with Crippen LogP contribution >= 0.6 is 0 Å². The molecule has 1 saturated heterocycles. The van der Waals surface area contributed by atoms with Crippen LogP contribution < -0.4 is 26.4 Å². The summed E-state index contributed by atoms with van der Waals surface area (Å²) in [6.07, 6.45) is 1.90. The number of carbonyl (C=O) groups excluding carboxylic acids is 1. The molecule has 0 radical (unpaired) electrons. The van der Waals surface area contributed by atoms with Crippen molar-refractivity contribution in [3.63, 3.8) is 0 Å². The van der Waals surface area contributed by atoms with Crippen LogP contribution in [0.2, 0.25) is 0 Å². The second-order valence-electron chi connectivity index (χ2n) is 6.12. The highest BCUT2D eigenvalue weighted by Gasteiger charge is 2.26. The molecule has 2 aromatic rings. The molecule has 0 bridgehead atoms. The Balaban J connectivity index is 1.98. The number of benzene rings is 2. The molecule has 3 rings (SSSR count). The average Bonchev–Trinajstić information content (AvgIpc) is 3.07. The van der Waals surface area contributed by atoms with Crippen LogP contribution in [0.1, 0.15) is 30.5 Å². The molecule has 0 aliphatic carbocycles. The van der Waals surface area contributed by atoms with E-state index in [9.17, 15) is 4.79 Å². The van der Waals surface area contributed by atoms with Crippen LogP contribution in [0.15, 0.2) is 42.5 Å². The van der Waals surface area contributed by atoms with Gasteiger partial charge in [0.25, 0.3) is 0 Å². The molecule has 0 aromatic heterocycles. The number of nitrogens with one attached hydrogen (secondary N) is 3. The Morgan fingerprint density at radius 1 is 0.960 bits per heavy atom. The number of para-hydroxylation sites is 1. The van der Waals surface area contributed by atoms with E-state index in [-0.39, 0.29) is 6.03 Å². The lowest BCUT2D eigenvalue weighted by Gasteiger charge is -2.28. The zero-order valence-electron chi connectivity index (χ0n) is 15.0. The van der Waals surface area contributed by atoms with E-state index in [1.165, 1.54) is 21.7 Å². The highest BCUT2D eigenvalue weighted by molar-refractivity contribution is 5.96. The van der Waals surface area contributed by atoms with Crippen LogP contribution in [0.5, 0.6) is 0 Å². The van der Waals surface area contributed by atoms with Gasteiger partial charge in [-0.1, -0.05) is 50.2 Å². The molecule has 1 heterocycles. The standard InChI is InChI=1S/C19H25N5O/c1-4-14-9-6-7-10-16(14)13-23(3)18-15(5-2)11-8-12-17(18)24-19(25)20-21-22-24/h6-12,21-22H,4-5,13H2,1-3H3,(H,20,25). The molecule has 2 aromatic carbocycles. The number of carbonyl (C=O) groups is 1. The SMILES string of the molecule is CCc1ccccc1CN(C)c1c(CC)cccc1N1NNNC1=O. The van der Waals surface area contributed by atoms with Gasteiger partial charge in [0.1, 0.15) is 0 Å². The summed E-state index contributed by atoms with van der Waals surface area (Å²) in [6.45, 7) is 5.09. The number of nitrogens with zero attached hydrogens (tertiary/aromatic N) is 2. The topological polar surface area (TPSA) is 59.6 Å². The van der Waals surface area contributed by atoms with Crippen molar-refractivity contribution < 1.29 is 4.79 Å². The number of anilines is 2. The zero-order valence-corrected chi connectivity index (χ0v) is 15.0. The first kappa shape index (κ1) is 17.3. The van der Waals surface area contributed by atoms with E-state index < -0.39 is 0 Å². The van der Waals surface area contributed by atoms with E-state index in [2.05, 4.69) is 72.6 Å². The van der Waals surface area contributed by atoms with Crippen LogP contribution in [0.25, 0.3) is 0 Å². The summed E-state index contributed by atoms with van der Waals surface area (Å²) in [5.74, 6) is 0. The molecule has 25 heavy (non-hydrogen) atoms. The number of hydrazine groups is 3. The number of urea groups is 1. The Morgan fingerprint density at radius 2 is 1.64 bits per heavy atom. The van der Waals surface area contributed by atoms with Crippen molar-refractivity contribution in [1.82, 2.24) is 16.5 Å². The molecule has 0 spiro atoms. The lowest BCUT2D eigenvalue weighted by Crippen LogP contribution is -2.38. The summed E-state index contributed by atoms with van der Waals surface area (Å²) >= 11 is 0. The minimum Gasteiger partial charge on any atom is -0.368 e. The Bertz CT molecular complexity index is 761. The van der Waals surface area contributed by atoms with Gasteiger partial charge in [-0.3, -0.25) is 5.43 Å². The minimum atomic E-state index is -0.225. The fourth-order valence-corrected chi connectivity index (χ4v) is 3.29. The van der Waals surface area contributed by atoms with Crippen LogP contribution in [0.4, 0.5) is 16.2 Å². The van der Waals surface area contributed by atoms with E-state index in [4.69, 9.17) is 0 Å². The zero-order chi connectivity index (χ0) is 17.8. The number of hydrogen-bond donors (Lipinski definition) is 3. The first-order chi connectivity index (χ1) is 12.2. The van der Waals surface area contributed by atoms with E-state index in [1.807, 2.05) is 12.1 Å². The summed E-state index contributed by atoms with van der Waals surface area (Å²) < 4.78 is 0. The number of aryl methyl sites for hydroxylation is 2. The van der Waals surface area contributed by atoms with Crippen LogP contribution in [0, 0.1) is 0 Å². The van der Waals surface area contributed by atoms with Gasteiger partial charge < -0.3 is 4.90 Å². The van der Waals surface area contributed by atoms with Crippen LogP contribution in [0.3, 0.4) is 0 Å². The molecule has 1 aliphatic heterocycles. The summed E-state index contributed by atoms with van der Waals surface area (Å²) in [6, 6.07) is 14.3. The lowest BCUT2D eigenvalue weighted by molar-refractivity contribution is 0.250. The minimum absolute atomic E-state index is 0.225. The van der Waals surface area contributed by atoms with Gasteiger partial charge in [0.05, 0.1) is 11.4 Å². The first-order valence-corrected chi connectivity index (χ1v) is 8.66. The molecule has 0 atom stereocenters. The van der Waals surface area contributed by atoms with Gasteiger partial charge >= 0.3 is 6.03 Å². The van der Waals surface area contributed by atoms with Crippen molar-refractivity contribution in [2.75, 3.05) is 17.0 Å². The van der Waals surface area contributed by atoms with E-state index >= 15 is 0 Å². The highest BCUT2D eigenvalue weighted by atomic mass is 16.2. The predicted molar refractivity (Wildman–Crippen MR) is 101 cm³/mol. The van der Waals surface area contributed by atoms with Gasteiger partial charge in [0.2, 0.25) is 0 Å². The Kier molecular flexibility index (Phi) is 5.21. The average molecular weight is 339 g/mol. The normalized spacial score (nSPS) is 13.9. The molecule has 6 heteroatoms. The van der Waals surface area contributed by atoms with Crippen molar-refractivity contribution in [1.29, 1.82) is 0 Å². The molecule has 0 unspecified atom stereocenters. The maximum Gasteiger partial charge on any atom is 0.353 e. The number of rotatable bonds is 6. The Morgan fingerprint density at radius 3 is 2.28 bits per heavy atom. The maximum absolute atomic E-state index is 12.1. The van der Waals surface area contributed by atoms with Gasteiger partial charge in [-0.05, 0) is 35.6 Å². The quantitative estimate of drug-likeness (QED) is 0.757. The van der Waals surface area contributed by atoms with Crippen molar-refractivity contribution in [3.05, 3.63) is 59.2 Å². The van der Waals surface area contributed by atoms with Crippen molar-refractivity contribution in [2.45, 2.75) is 33.2 Å². The van der Waals surface area contributed by atoms with Gasteiger partial charge in [-0.15, -0.1) is 11.1 Å². The van der Waals surface area contributed by atoms with Gasteiger partial charge in [-0.25, -0.2) is 9.80 Å². The number of amides is 2. The summed E-state index contributed by atoms with van der Waals surface area (Å²) in [5.41, 5.74) is 13.8. The third-order valence-electron chi connectivity index (χ3n) is 4.55. The molecule has 1 fully saturated rings. The van der Waals surface area contributed by atoms with Crippen LogP contribution in [-0.4, -0.2) is 13.1 Å². The van der Waals surface area contributed by atoms with Gasteiger partial charge in [0, 0.05) is 13.6 Å². The fraction of sp³-hybridized carbons (Fsp3) is 0.316. The van der Waals surface area contributed by atoms with Crippen molar-refractivity contribution >= 4 is 17.4 Å². The molecule has 3 N–H and O–H groups in total. The molecule has 132 valence electrons. The third kappa shape index (κ3) is 3.45. The van der Waals surface area contributed by atoms with Crippen LogP contribution in [-0.2, 0) is 19.4 Å². The largest absolute Gasteiger partial charge is 0.368 e. The second kappa shape index (κ2) is 7.55. The van der Waals surface area contributed by atoms with Gasteiger partial charge in [0.15, 0.2) is 0 Å². The molecule has 0 saturated carbocycles. The predicted octanol–water partition coefficient (Wildman–Crippen LogP) is 2.90. The van der Waals surface area contributed by atoms with E-state index in [0.29, 0.717) is 0 Å². The third-order valence-corrected chi connectivity index (χ3v) is 4.55. The second-order valence-corrected chi connectivity index (χ2v) is 6.12. The molecular weight excluding hydrogens is 314 g/mol. The molecule has 6 nitrogen and oxygen atoms in total. The Hall–Kier alpha value is -2.57. The summed E-state index contributed by atoms with van der Waals surface area (Å²) in [4.78, 5) is 14.3. The molecule has 2 amide bonds. The smallest absolute Gasteiger partial charge is 0.353 e. The van der Waals surface area contributed by atoms with E-state index in [1.54, 1.807) is 0 Å². The first-order valence-electron chi connectivity index (χ1n) is 8.66.